The summed E-state index contributed by atoms with van der Waals surface area (Å²) in [4.78, 5) is 33.2. The highest BCUT2D eigenvalue weighted by atomic mass is 16.5. The van der Waals surface area contributed by atoms with Gasteiger partial charge in [-0.25, -0.2) is 4.98 Å². The molecule has 146 valence electrons. The molecule has 9 heteroatoms. The number of rotatable bonds is 6. The number of carbonyl (C=O) groups excluding carboxylic acids is 1. The number of para-hydroxylation sites is 2. The molecule has 0 aliphatic heterocycles. The number of amides is 1. The Hall–Kier alpha value is -4.01. The molecule has 4 rings (SSSR count). The molecule has 9 nitrogen and oxygen atoms in total. The fourth-order valence-corrected chi connectivity index (χ4v) is 2.88. The minimum Gasteiger partial charge on any atom is -0.496 e. The van der Waals surface area contributed by atoms with Crippen LogP contribution in [0.15, 0.2) is 64.2 Å². The topological polar surface area (TPSA) is 112 Å². The van der Waals surface area contributed by atoms with Crippen molar-refractivity contribution in [3.8, 4) is 5.75 Å². The van der Waals surface area contributed by atoms with E-state index in [2.05, 4.69) is 20.4 Å². The van der Waals surface area contributed by atoms with E-state index in [-0.39, 0.29) is 30.4 Å². The lowest BCUT2D eigenvalue weighted by Crippen LogP contribution is -2.24. The number of aromatic nitrogens is 4. The van der Waals surface area contributed by atoms with Gasteiger partial charge in [-0.3, -0.25) is 14.2 Å². The molecular weight excluding hydrogens is 374 g/mol. The molecule has 2 heterocycles. The molecule has 0 fully saturated rings. The Balaban J connectivity index is 1.46. The van der Waals surface area contributed by atoms with Gasteiger partial charge in [-0.1, -0.05) is 35.5 Å². The minimum atomic E-state index is -0.515. The quantitative estimate of drug-likeness (QED) is 0.533. The molecule has 0 unspecified atom stereocenters. The molecule has 2 aromatic heterocycles. The van der Waals surface area contributed by atoms with E-state index in [4.69, 9.17) is 9.26 Å². The molecule has 0 saturated carbocycles. The lowest BCUT2D eigenvalue weighted by Gasteiger charge is -2.07. The minimum absolute atomic E-state index is 0.0416. The summed E-state index contributed by atoms with van der Waals surface area (Å²) >= 11 is 0. The van der Waals surface area contributed by atoms with E-state index in [0.29, 0.717) is 16.7 Å². The van der Waals surface area contributed by atoms with E-state index in [9.17, 15) is 9.59 Å². The van der Waals surface area contributed by atoms with Gasteiger partial charge in [0.15, 0.2) is 5.82 Å². The second-order valence-electron chi connectivity index (χ2n) is 6.21. The van der Waals surface area contributed by atoms with Crippen molar-refractivity contribution in [2.75, 3.05) is 7.11 Å². The van der Waals surface area contributed by atoms with E-state index in [1.165, 1.54) is 10.9 Å². The highest BCUT2D eigenvalue weighted by Crippen LogP contribution is 2.16. The first kappa shape index (κ1) is 18.4. The Morgan fingerprint density at radius 1 is 1.17 bits per heavy atom. The van der Waals surface area contributed by atoms with Crippen LogP contribution in [0.1, 0.15) is 22.1 Å². The maximum atomic E-state index is 12.5. The third-order valence-corrected chi connectivity index (χ3v) is 4.34. The summed E-state index contributed by atoms with van der Waals surface area (Å²) in [6.45, 7) is 0.286. The van der Waals surface area contributed by atoms with Crippen molar-refractivity contribution in [3.63, 3.8) is 0 Å². The molecule has 0 aliphatic carbocycles. The Morgan fingerprint density at radius 3 is 2.83 bits per heavy atom. The van der Waals surface area contributed by atoms with Crippen molar-refractivity contribution in [2.45, 2.75) is 13.1 Å². The molecule has 0 saturated heterocycles. The van der Waals surface area contributed by atoms with Crippen LogP contribution in [0.3, 0.4) is 0 Å². The second-order valence-corrected chi connectivity index (χ2v) is 6.21. The number of nitrogens with one attached hydrogen (secondary N) is 1. The fraction of sp³-hybridized carbons (Fsp3) is 0.150. The molecular formula is C20H17N5O4. The zero-order valence-corrected chi connectivity index (χ0v) is 15.5. The average Bonchev–Trinajstić information content (AvgIpc) is 3.23. The summed E-state index contributed by atoms with van der Waals surface area (Å²) in [6, 6.07) is 14.4. The summed E-state index contributed by atoms with van der Waals surface area (Å²) in [5.41, 5.74) is 1.21. The number of nitrogens with zero attached hydrogens (tertiary/aromatic N) is 4. The summed E-state index contributed by atoms with van der Waals surface area (Å²) in [5.74, 6) is 0.171. The molecule has 1 amide bonds. The van der Waals surface area contributed by atoms with E-state index in [0.717, 1.165) is 5.56 Å². The monoisotopic (exact) mass is 391 g/mol. The van der Waals surface area contributed by atoms with E-state index in [1.54, 1.807) is 25.3 Å². The highest BCUT2D eigenvalue weighted by molar-refractivity contribution is 5.89. The maximum Gasteiger partial charge on any atom is 0.316 e. The number of ether oxygens (including phenoxy) is 1. The number of hydrogen-bond acceptors (Lipinski definition) is 7. The lowest BCUT2D eigenvalue weighted by molar-refractivity contribution is 0.0906. The van der Waals surface area contributed by atoms with Crippen LogP contribution in [0.25, 0.3) is 10.9 Å². The Morgan fingerprint density at radius 2 is 1.97 bits per heavy atom. The van der Waals surface area contributed by atoms with Crippen molar-refractivity contribution >= 4 is 16.8 Å². The van der Waals surface area contributed by atoms with Crippen LogP contribution in [0.5, 0.6) is 5.75 Å². The molecule has 29 heavy (non-hydrogen) atoms. The van der Waals surface area contributed by atoms with Crippen molar-refractivity contribution in [3.05, 3.63) is 82.5 Å². The van der Waals surface area contributed by atoms with Gasteiger partial charge < -0.3 is 14.6 Å². The van der Waals surface area contributed by atoms with E-state index in [1.807, 2.05) is 30.3 Å². The van der Waals surface area contributed by atoms with Crippen LogP contribution in [0, 0.1) is 0 Å². The van der Waals surface area contributed by atoms with Crippen LogP contribution < -0.4 is 15.6 Å². The Kier molecular flexibility index (Phi) is 5.02. The normalized spacial score (nSPS) is 10.8. The predicted octanol–water partition coefficient (Wildman–Crippen LogP) is 1.77. The summed E-state index contributed by atoms with van der Waals surface area (Å²) in [5, 5.41) is 6.98. The van der Waals surface area contributed by atoms with E-state index < -0.39 is 5.91 Å². The second kappa shape index (κ2) is 7.93. The number of carbonyl (C=O) groups is 1. The molecule has 1 N–H and O–H groups in total. The van der Waals surface area contributed by atoms with Crippen LogP contribution in [-0.4, -0.2) is 32.7 Å². The Labute approximate surface area is 165 Å². The summed E-state index contributed by atoms with van der Waals surface area (Å²) in [6.07, 6.45) is 1.42. The number of benzene rings is 2. The number of fused-ring (bicyclic) bond motifs is 1. The first-order valence-corrected chi connectivity index (χ1v) is 8.82. The van der Waals surface area contributed by atoms with Gasteiger partial charge in [0.2, 0.25) is 0 Å². The van der Waals surface area contributed by atoms with Crippen molar-refractivity contribution in [2.24, 2.45) is 0 Å². The molecule has 0 radical (unpaired) electrons. The van der Waals surface area contributed by atoms with E-state index >= 15 is 0 Å². The third-order valence-electron chi connectivity index (χ3n) is 4.34. The first-order valence-electron chi connectivity index (χ1n) is 8.82. The van der Waals surface area contributed by atoms with Crippen molar-refractivity contribution in [1.29, 1.82) is 0 Å². The maximum absolute atomic E-state index is 12.5. The predicted molar refractivity (Wildman–Crippen MR) is 104 cm³/mol. The van der Waals surface area contributed by atoms with Crippen LogP contribution in [0.2, 0.25) is 0 Å². The largest absolute Gasteiger partial charge is 0.496 e. The average molecular weight is 391 g/mol. The van der Waals surface area contributed by atoms with Gasteiger partial charge in [0.1, 0.15) is 5.75 Å². The zero-order valence-electron chi connectivity index (χ0n) is 15.5. The third kappa shape index (κ3) is 3.84. The Bertz CT molecular complexity index is 1230. The van der Waals surface area contributed by atoms with Crippen LogP contribution in [-0.2, 0) is 13.1 Å². The van der Waals surface area contributed by atoms with Gasteiger partial charge in [0.25, 0.3) is 5.56 Å². The van der Waals surface area contributed by atoms with Gasteiger partial charge in [-0.2, -0.15) is 4.98 Å². The first-order chi connectivity index (χ1) is 14.2. The molecule has 2 aromatic carbocycles. The highest BCUT2D eigenvalue weighted by Gasteiger charge is 2.16. The zero-order chi connectivity index (χ0) is 20.2. The van der Waals surface area contributed by atoms with Gasteiger partial charge in [-0.05, 0) is 18.2 Å². The summed E-state index contributed by atoms with van der Waals surface area (Å²) in [7, 11) is 1.56. The van der Waals surface area contributed by atoms with Crippen molar-refractivity contribution in [1.82, 2.24) is 25.0 Å². The molecule has 0 aliphatic rings. The van der Waals surface area contributed by atoms with Gasteiger partial charge in [0, 0.05) is 12.1 Å². The van der Waals surface area contributed by atoms with Gasteiger partial charge in [-0.15, -0.1) is 0 Å². The lowest BCUT2D eigenvalue weighted by atomic mass is 10.2. The van der Waals surface area contributed by atoms with Crippen LogP contribution >= 0.6 is 0 Å². The standard InChI is InChI=1S/C20H17N5O4/c1-28-16-9-5-2-6-13(16)10-21-18(26)19-23-17(24-29-19)11-25-12-22-15-8-4-3-7-14(15)20(25)27/h2-9,12H,10-11H2,1H3,(H,21,26). The molecule has 4 aromatic rings. The fourth-order valence-electron chi connectivity index (χ4n) is 2.88. The smallest absolute Gasteiger partial charge is 0.316 e. The summed E-state index contributed by atoms with van der Waals surface area (Å²) < 4.78 is 11.7. The number of hydrogen-bond donors (Lipinski definition) is 1. The molecule has 0 atom stereocenters. The van der Waals surface area contributed by atoms with Crippen LogP contribution in [0.4, 0.5) is 0 Å². The van der Waals surface area contributed by atoms with Gasteiger partial charge >= 0.3 is 11.8 Å². The SMILES string of the molecule is COc1ccccc1CNC(=O)c1nc(Cn2cnc3ccccc3c2=O)no1. The van der Waals surface area contributed by atoms with Gasteiger partial charge in [0.05, 0.1) is 30.9 Å². The number of methoxy groups -OCH3 is 1. The molecule has 0 bridgehead atoms. The van der Waals surface area contributed by atoms with Crippen molar-refractivity contribution < 1.29 is 14.1 Å². The molecule has 0 spiro atoms.